The van der Waals surface area contributed by atoms with E-state index in [1.807, 2.05) is 6.07 Å². The first-order valence-electron chi connectivity index (χ1n) is 10.1. The highest BCUT2D eigenvalue weighted by molar-refractivity contribution is 7.18. The molecule has 0 unspecified atom stereocenters. The van der Waals surface area contributed by atoms with Crippen molar-refractivity contribution in [3.8, 4) is 0 Å². The molecule has 0 aliphatic rings. The lowest BCUT2D eigenvalue weighted by Gasteiger charge is -2.08. The fourth-order valence-electron chi connectivity index (χ4n) is 2.76. The predicted molar refractivity (Wildman–Crippen MR) is 121 cm³/mol. The average molecular weight is 476 g/mol. The second kappa shape index (κ2) is 12.3. The van der Waals surface area contributed by atoms with E-state index in [0.717, 1.165) is 16.9 Å². The van der Waals surface area contributed by atoms with E-state index >= 15 is 0 Å². The van der Waals surface area contributed by atoms with Gasteiger partial charge in [0.1, 0.15) is 11.5 Å². The highest BCUT2D eigenvalue weighted by atomic mass is 32.1. The Labute approximate surface area is 194 Å². The zero-order chi connectivity index (χ0) is 24.4. The number of thiophene rings is 1. The number of hydrogen-bond donors (Lipinski definition) is 3. The van der Waals surface area contributed by atoms with Gasteiger partial charge in [0.25, 0.3) is 11.8 Å². The van der Waals surface area contributed by atoms with Gasteiger partial charge in [-0.25, -0.2) is 4.79 Å². The van der Waals surface area contributed by atoms with E-state index in [-0.39, 0.29) is 34.4 Å². The van der Waals surface area contributed by atoms with Crippen molar-refractivity contribution in [1.82, 2.24) is 10.6 Å². The van der Waals surface area contributed by atoms with Crippen LogP contribution in [-0.4, -0.2) is 56.5 Å². The van der Waals surface area contributed by atoms with Gasteiger partial charge in [0.15, 0.2) is 6.61 Å². The van der Waals surface area contributed by atoms with Gasteiger partial charge >= 0.3 is 11.9 Å². The summed E-state index contributed by atoms with van der Waals surface area (Å²) in [6, 6.07) is 9.00. The number of esters is 2. The zero-order valence-corrected chi connectivity index (χ0v) is 19.3. The van der Waals surface area contributed by atoms with Crippen molar-refractivity contribution < 1.29 is 33.4 Å². The van der Waals surface area contributed by atoms with E-state index < -0.39 is 36.9 Å². The highest BCUT2D eigenvalue weighted by Gasteiger charge is 2.26. The highest BCUT2D eigenvalue weighted by Crippen LogP contribution is 2.33. The molecule has 0 radical (unpaired) electrons. The summed E-state index contributed by atoms with van der Waals surface area (Å²) in [5.74, 6) is -2.98. The maximum absolute atomic E-state index is 12.3. The van der Waals surface area contributed by atoms with Gasteiger partial charge in [0, 0.05) is 7.05 Å². The van der Waals surface area contributed by atoms with Crippen molar-refractivity contribution >= 4 is 46.0 Å². The third kappa shape index (κ3) is 7.42. The Balaban J connectivity index is 1.91. The number of carbonyl (C=O) groups is 5. The van der Waals surface area contributed by atoms with E-state index in [1.54, 1.807) is 38.1 Å². The largest absolute Gasteiger partial charge is 0.462 e. The lowest BCUT2D eigenvalue weighted by molar-refractivity contribution is -0.147. The van der Waals surface area contributed by atoms with Gasteiger partial charge in [0.2, 0.25) is 5.91 Å². The lowest BCUT2D eigenvalue weighted by atomic mass is 10.1. The van der Waals surface area contributed by atoms with Crippen LogP contribution in [0.4, 0.5) is 5.00 Å². The molecular formula is C22H25N3O7S. The molecule has 0 saturated heterocycles. The van der Waals surface area contributed by atoms with Crippen LogP contribution in [-0.2, 0) is 30.3 Å². The first kappa shape index (κ1) is 25.5. The summed E-state index contributed by atoms with van der Waals surface area (Å²) >= 11 is 0.908. The first-order chi connectivity index (χ1) is 15.8. The van der Waals surface area contributed by atoms with Crippen molar-refractivity contribution in [2.24, 2.45) is 0 Å². The Hall–Kier alpha value is -3.73. The van der Waals surface area contributed by atoms with E-state index in [4.69, 9.17) is 9.47 Å². The Morgan fingerprint density at radius 1 is 1.00 bits per heavy atom. The van der Waals surface area contributed by atoms with Crippen LogP contribution in [0.5, 0.6) is 0 Å². The molecule has 1 heterocycles. The molecule has 176 valence electrons. The number of anilines is 1. The number of hydrogen-bond acceptors (Lipinski definition) is 8. The third-order valence-electron chi connectivity index (χ3n) is 4.31. The third-order valence-corrected chi connectivity index (χ3v) is 5.52. The maximum Gasteiger partial charge on any atom is 0.341 e. The monoisotopic (exact) mass is 475 g/mol. The molecule has 0 saturated carbocycles. The van der Waals surface area contributed by atoms with Crippen LogP contribution in [0.3, 0.4) is 0 Å². The molecule has 11 heteroatoms. The molecule has 3 N–H and O–H groups in total. The fourth-order valence-corrected chi connectivity index (χ4v) is 3.91. The zero-order valence-electron chi connectivity index (χ0n) is 18.5. The molecule has 0 bridgehead atoms. The lowest BCUT2D eigenvalue weighted by Crippen LogP contribution is -2.33. The number of amides is 3. The summed E-state index contributed by atoms with van der Waals surface area (Å²) in [4.78, 5) is 60.6. The van der Waals surface area contributed by atoms with Crippen LogP contribution in [0.15, 0.2) is 30.3 Å². The number of ether oxygens (including phenoxy) is 2. The van der Waals surface area contributed by atoms with Crippen LogP contribution < -0.4 is 16.0 Å². The Morgan fingerprint density at radius 3 is 2.33 bits per heavy atom. The summed E-state index contributed by atoms with van der Waals surface area (Å²) in [5, 5.41) is 7.48. The summed E-state index contributed by atoms with van der Waals surface area (Å²) in [7, 11) is 1.45. The van der Waals surface area contributed by atoms with E-state index in [9.17, 15) is 24.0 Å². The molecule has 0 aliphatic heterocycles. The number of nitrogens with one attached hydrogen (secondary N) is 3. The summed E-state index contributed by atoms with van der Waals surface area (Å²) in [6.07, 6.45) is 0.108. The second-order valence-electron chi connectivity index (χ2n) is 6.71. The van der Waals surface area contributed by atoms with Gasteiger partial charge in [-0.3, -0.25) is 19.2 Å². The number of benzene rings is 1. The molecule has 33 heavy (non-hydrogen) atoms. The van der Waals surface area contributed by atoms with E-state index in [1.165, 1.54) is 7.05 Å². The normalized spacial score (nSPS) is 10.2. The van der Waals surface area contributed by atoms with Crippen molar-refractivity contribution in [3.05, 3.63) is 51.9 Å². The van der Waals surface area contributed by atoms with Crippen LogP contribution in [0, 0.1) is 6.92 Å². The van der Waals surface area contributed by atoms with E-state index in [0.29, 0.717) is 5.56 Å². The average Bonchev–Trinajstić information content (AvgIpc) is 3.12. The summed E-state index contributed by atoms with van der Waals surface area (Å²) in [5.41, 5.74) is 1.22. The smallest absolute Gasteiger partial charge is 0.341 e. The Bertz CT molecular complexity index is 1030. The van der Waals surface area contributed by atoms with Crippen LogP contribution in [0.2, 0.25) is 0 Å². The van der Waals surface area contributed by atoms with Crippen LogP contribution >= 0.6 is 11.3 Å². The Morgan fingerprint density at radius 2 is 1.70 bits per heavy atom. The maximum atomic E-state index is 12.3. The topological polar surface area (TPSA) is 140 Å². The van der Waals surface area contributed by atoms with Gasteiger partial charge < -0.3 is 25.4 Å². The van der Waals surface area contributed by atoms with E-state index in [2.05, 4.69) is 16.0 Å². The molecule has 0 fully saturated rings. The van der Waals surface area contributed by atoms with Crippen molar-refractivity contribution in [1.29, 1.82) is 0 Å². The predicted octanol–water partition coefficient (Wildman–Crippen LogP) is 1.43. The molecule has 0 spiro atoms. The quantitative estimate of drug-likeness (QED) is 0.442. The Kier molecular flexibility index (Phi) is 9.55. The molecule has 3 amide bonds. The van der Waals surface area contributed by atoms with Crippen LogP contribution in [0.1, 0.15) is 38.1 Å². The van der Waals surface area contributed by atoms with Crippen molar-refractivity contribution in [2.75, 3.05) is 32.1 Å². The van der Waals surface area contributed by atoms with Gasteiger partial charge in [0.05, 0.1) is 23.5 Å². The summed E-state index contributed by atoms with van der Waals surface area (Å²) in [6.45, 7) is 2.29. The molecule has 2 rings (SSSR count). The molecule has 10 nitrogen and oxygen atoms in total. The molecule has 1 aromatic carbocycles. The molecule has 2 aromatic rings. The van der Waals surface area contributed by atoms with Crippen molar-refractivity contribution in [2.45, 2.75) is 20.3 Å². The minimum Gasteiger partial charge on any atom is -0.462 e. The second-order valence-corrected chi connectivity index (χ2v) is 7.73. The van der Waals surface area contributed by atoms with Gasteiger partial charge in [-0.1, -0.05) is 30.3 Å². The number of rotatable bonds is 10. The van der Waals surface area contributed by atoms with Gasteiger partial charge in [-0.05, 0) is 25.0 Å². The molecule has 0 aliphatic carbocycles. The SMILES string of the molecule is CCOC(=O)c1c(NC(=O)COC(=O)CNC(=O)Cc2ccccc2)sc(C(=O)NC)c1C. The van der Waals surface area contributed by atoms with Crippen molar-refractivity contribution in [3.63, 3.8) is 0 Å². The standard InChI is InChI=1S/C22H25N3O7S/c1-4-31-22(30)18-13(2)19(20(29)23-3)33-21(18)25-16(27)12-32-17(28)11-24-15(26)10-14-8-6-5-7-9-14/h5-9H,4,10-12H2,1-3H3,(H,23,29)(H,24,26)(H,25,27). The molecule has 1 aromatic heterocycles. The van der Waals surface area contributed by atoms with Crippen LogP contribution in [0.25, 0.3) is 0 Å². The molecular weight excluding hydrogens is 450 g/mol. The fraction of sp³-hybridized carbons (Fsp3) is 0.318. The molecule has 0 atom stereocenters. The van der Waals surface area contributed by atoms with Gasteiger partial charge in [-0.2, -0.15) is 0 Å². The first-order valence-corrected chi connectivity index (χ1v) is 10.9. The minimum atomic E-state index is -0.800. The number of carbonyl (C=O) groups excluding carboxylic acids is 5. The summed E-state index contributed by atoms with van der Waals surface area (Å²) < 4.78 is 9.89. The minimum absolute atomic E-state index is 0.0632. The van der Waals surface area contributed by atoms with Gasteiger partial charge in [-0.15, -0.1) is 11.3 Å².